The predicted molar refractivity (Wildman–Crippen MR) is 71.6 cm³/mol. The summed E-state index contributed by atoms with van der Waals surface area (Å²) in [5.41, 5.74) is 2.02. The fourth-order valence-electron chi connectivity index (χ4n) is 1.55. The Bertz CT molecular complexity index is 566. The molecule has 0 unspecified atom stereocenters. The number of pyridine rings is 1. The monoisotopic (exact) mass is 285 g/mol. The van der Waals surface area contributed by atoms with E-state index in [1.807, 2.05) is 0 Å². The van der Waals surface area contributed by atoms with E-state index in [0.717, 1.165) is 10.9 Å². The van der Waals surface area contributed by atoms with Gasteiger partial charge < -0.3 is 5.21 Å². The minimum absolute atomic E-state index is 0.453. The lowest BCUT2D eigenvalue weighted by atomic mass is 10.1. The first kappa shape index (κ1) is 15.9. The highest BCUT2D eigenvalue weighted by Crippen LogP contribution is 2.20. The topological polar surface area (TPSA) is 51.7 Å². The molecule has 0 spiro atoms. The molecule has 1 aromatic heterocycles. The van der Waals surface area contributed by atoms with Crippen LogP contribution in [-0.4, -0.2) is 18.7 Å². The Morgan fingerprint density at radius 2 is 1.80 bits per heavy atom. The summed E-state index contributed by atoms with van der Waals surface area (Å²) >= 11 is 0. The molecule has 0 saturated heterocycles. The van der Waals surface area contributed by atoms with E-state index < -0.39 is 12.0 Å². The molecule has 108 valence electrons. The van der Waals surface area contributed by atoms with Gasteiger partial charge in [0.1, 0.15) is 0 Å². The smallest absolute Gasteiger partial charge is 0.451 e. The van der Waals surface area contributed by atoms with Gasteiger partial charge in [0.15, 0.2) is 11.4 Å². The van der Waals surface area contributed by atoms with Gasteiger partial charge in [-0.2, -0.15) is 17.9 Å². The predicted octanol–water partition coefficient (Wildman–Crippen LogP) is 2.96. The van der Waals surface area contributed by atoms with Crippen LogP contribution in [0.25, 0.3) is 5.57 Å². The number of aryl methyl sites for hydroxylation is 2. The van der Waals surface area contributed by atoms with E-state index in [1.54, 1.807) is 32.9 Å². The van der Waals surface area contributed by atoms with Crippen LogP contribution in [0.1, 0.15) is 23.9 Å². The van der Waals surface area contributed by atoms with Gasteiger partial charge in [-0.05, 0) is 24.8 Å². The Labute approximate surface area is 114 Å². The number of aromatic nitrogens is 1. The van der Waals surface area contributed by atoms with Crippen LogP contribution in [0.15, 0.2) is 28.3 Å². The summed E-state index contributed by atoms with van der Waals surface area (Å²) in [5, 5.41) is 11.5. The van der Waals surface area contributed by atoms with Crippen molar-refractivity contribution in [3.8, 4) is 0 Å². The van der Waals surface area contributed by atoms with Gasteiger partial charge in [0.25, 0.3) is 0 Å². The normalized spacial score (nSPS) is 13.5. The van der Waals surface area contributed by atoms with Crippen molar-refractivity contribution in [3.63, 3.8) is 0 Å². The van der Waals surface area contributed by atoms with Crippen LogP contribution < -0.4 is 4.73 Å². The maximum atomic E-state index is 12.4. The largest absolute Gasteiger partial charge is 0.618 e. The first-order valence-corrected chi connectivity index (χ1v) is 5.66. The number of nitrogens with zero attached hydrogens (tertiary/aromatic N) is 3. The molecule has 0 N–H and O–H groups in total. The van der Waals surface area contributed by atoms with Crippen molar-refractivity contribution >= 4 is 18.1 Å². The van der Waals surface area contributed by atoms with Crippen molar-refractivity contribution < 1.29 is 17.9 Å². The van der Waals surface area contributed by atoms with Crippen LogP contribution in [0.4, 0.5) is 13.2 Å². The number of allylic oxidation sites excluding steroid dienone is 1. The van der Waals surface area contributed by atoms with Gasteiger partial charge in [-0.15, -0.1) is 0 Å². The first-order chi connectivity index (χ1) is 9.16. The summed E-state index contributed by atoms with van der Waals surface area (Å²) in [5.74, 6) is -1.31. The maximum Gasteiger partial charge on any atom is 0.451 e. The van der Waals surface area contributed by atoms with Crippen molar-refractivity contribution in [1.29, 1.82) is 0 Å². The van der Waals surface area contributed by atoms with E-state index in [1.165, 1.54) is 0 Å². The molecule has 0 aliphatic carbocycles. The first-order valence-electron chi connectivity index (χ1n) is 5.66. The van der Waals surface area contributed by atoms with Gasteiger partial charge in [-0.1, -0.05) is 0 Å². The number of alkyl halides is 3. The van der Waals surface area contributed by atoms with Crippen molar-refractivity contribution in [1.82, 2.24) is 0 Å². The highest BCUT2D eigenvalue weighted by Gasteiger charge is 2.35. The molecule has 7 heteroatoms. The SMILES string of the molecule is C=NC(=N/C=C(\C)c1cc(C)[n+]([O-])c(C)c1)C(F)(F)F. The number of hydrogen-bond donors (Lipinski definition) is 0. The highest BCUT2D eigenvalue weighted by atomic mass is 19.4. The Balaban J connectivity index is 3.18. The van der Waals surface area contributed by atoms with Crippen LogP contribution in [0.2, 0.25) is 0 Å². The van der Waals surface area contributed by atoms with Gasteiger partial charge in [0.05, 0.1) is 0 Å². The summed E-state index contributed by atoms with van der Waals surface area (Å²) < 4.78 is 38.0. The molecule has 0 saturated carbocycles. The standard InChI is InChI=1S/C13H14F3N3O/c1-8(7-18-12(17-4)13(14,15)16)11-5-9(2)19(20)10(3)6-11/h5-7H,4H2,1-3H3/b8-7+,18-12?. The summed E-state index contributed by atoms with van der Waals surface area (Å²) in [6.07, 6.45) is -3.58. The zero-order valence-electron chi connectivity index (χ0n) is 11.3. The number of aliphatic imine (C=N–C) groups is 2. The van der Waals surface area contributed by atoms with Crippen molar-refractivity contribution in [2.75, 3.05) is 0 Å². The molecular weight excluding hydrogens is 271 g/mol. The van der Waals surface area contributed by atoms with E-state index in [-0.39, 0.29) is 0 Å². The van der Waals surface area contributed by atoms with Crippen molar-refractivity contribution in [3.05, 3.63) is 40.5 Å². The molecule has 1 aromatic rings. The minimum Gasteiger partial charge on any atom is -0.618 e. The average molecular weight is 285 g/mol. The quantitative estimate of drug-likeness (QED) is 0.357. The summed E-state index contributed by atoms with van der Waals surface area (Å²) in [7, 11) is 0. The fourth-order valence-corrected chi connectivity index (χ4v) is 1.55. The molecule has 0 aliphatic rings. The molecule has 0 aromatic carbocycles. The van der Waals surface area contributed by atoms with Crippen LogP contribution >= 0.6 is 0 Å². The molecule has 0 amide bonds. The minimum atomic E-state index is -4.64. The van der Waals surface area contributed by atoms with E-state index in [4.69, 9.17) is 0 Å². The third-order valence-electron chi connectivity index (χ3n) is 2.61. The lowest BCUT2D eigenvalue weighted by Gasteiger charge is -2.07. The number of rotatable bonds is 2. The zero-order chi connectivity index (χ0) is 15.5. The molecule has 0 atom stereocenters. The maximum absolute atomic E-state index is 12.4. The molecule has 1 heterocycles. The second-order valence-electron chi connectivity index (χ2n) is 4.24. The van der Waals surface area contributed by atoms with Crippen LogP contribution in [0, 0.1) is 19.1 Å². The number of halogens is 3. The molecular formula is C13H14F3N3O. The highest BCUT2D eigenvalue weighted by molar-refractivity contribution is 5.91. The molecule has 1 rings (SSSR count). The molecule has 0 aliphatic heterocycles. The number of hydrogen-bond acceptors (Lipinski definition) is 2. The zero-order valence-corrected chi connectivity index (χ0v) is 11.3. The van der Waals surface area contributed by atoms with Crippen molar-refractivity contribution in [2.45, 2.75) is 26.9 Å². The molecule has 20 heavy (non-hydrogen) atoms. The van der Waals surface area contributed by atoms with E-state index in [9.17, 15) is 18.4 Å². The average Bonchev–Trinajstić information content (AvgIpc) is 2.34. The van der Waals surface area contributed by atoms with E-state index in [0.29, 0.717) is 22.5 Å². The summed E-state index contributed by atoms with van der Waals surface area (Å²) in [6.45, 7) is 7.68. The van der Waals surface area contributed by atoms with Crippen LogP contribution in [0.3, 0.4) is 0 Å². The Kier molecular flexibility index (Phi) is 4.65. The van der Waals surface area contributed by atoms with Gasteiger partial charge in [-0.3, -0.25) is 0 Å². The molecule has 0 bridgehead atoms. The summed E-state index contributed by atoms with van der Waals surface area (Å²) in [6, 6.07) is 3.16. The summed E-state index contributed by atoms with van der Waals surface area (Å²) in [4.78, 5) is 6.14. The third-order valence-corrected chi connectivity index (χ3v) is 2.61. The Morgan fingerprint density at radius 1 is 1.30 bits per heavy atom. The van der Waals surface area contributed by atoms with Crippen LogP contribution in [0.5, 0.6) is 0 Å². The lowest BCUT2D eigenvalue weighted by Crippen LogP contribution is -2.33. The van der Waals surface area contributed by atoms with Crippen molar-refractivity contribution in [2.24, 2.45) is 9.98 Å². The lowest BCUT2D eigenvalue weighted by molar-refractivity contribution is -0.619. The van der Waals surface area contributed by atoms with Gasteiger partial charge in [0.2, 0.25) is 5.84 Å². The fraction of sp³-hybridized carbons (Fsp3) is 0.308. The second kappa shape index (κ2) is 5.85. The Hall–Kier alpha value is -2.18. The van der Waals surface area contributed by atoms with Gasteiger partial charge >= 0.3 is 6.18 Å². The number of amidine groups is 1. The van der Waals surface area contributed by atoms with E-state index >= 15 is 0 Å². The molecule has 0 radical (unpaired) electrons. The molecule has 4 nitrogen and oxygen atoms in total. The Morgan fingerprint density at radius 3 is 2.20 bits per heavy atom. The van der Waals surface area contributed by atoms with Gasteiger partial charge in [-0.25, -0.2) is 9.98 Å². The molecule has 0 fully saturated rings. The van der Waals surface area contributed by atoms with Crippen LogP contribution in [-0.2, 0) is 0 Å². The van der Waals surface area contributed by atoms with E-state index in [2.05, 4.69) is 16.7 Å². The second-order valence-corrected chi connectivity index (χ2v) is 4.24. The third kappa shape index (κ3) is 3.66. The van der Waals surface area contributed by atoms with Gasteiger partial charge in [0, 0.05) is 32.2 Å².